The Kier molecular flexibility index (Phi) is 3.79. The smallest absolute Gasteiger partial charge is 0.147 e. The molecule has 0 spiro atoms. The summed E-state index contributed by atoms with van der Waals surface area (Å²) in [6, 6.07) is 7.37. The average molecular weight is 274 g/mol. The molecule has 1 aromatic carbocycles. The van der Waals surface area contributed by atoms with E-state index in [4.69, 9.17) is 27.7 Å². The van der Waals surface area contributed by atoms with Gasteiger partial charge >= 0.3 is 0 Å². The van der Waals surface area contributed by atoms with E-state index in [1.807, 2.05) is 31.2 Å². The van der Waals surface area contributed by atoms with Crippen LogP contribution in [0.2, 0.25) is 10.0 Å². The molecule has 0 amide bonds. The van der Waals surface area contributed by atoms with Crippen molar-refractivity contribution in [3.05, 3.63) is 45.8 Å². The first-order valence-corrected chi connectivity index (χ1v) is 6.40. The Labute approximate surface area is 108 Å². The highest BCUT2D eigenvalue weighted by molar-refractivity contribution is 7.98. The van der Waals surface area contributed by atoms with Gasteiger partial charge in [-0.05, 0) is 19.1 Å². The number of nitrogens with zero attached hydrogens (tertiary/aromatic N) is 1. The van der Waals surface area contributed by atoms with Crippen molar-refractivity contribution in [1.82, 2.24) is 5.16 Å². The summed E-state index contributed by atoms with van der Waals surface area (Å²) in [5, 5.41) is 5.14. The Morgan fingerprint density at radius 3 is 2.56 bits per heavy atom. The molecule has 1 heterocycles. The van der Waals surface area contributed by atoms with E-state index in [2.05, 4.69) is 5.16 Å². The second kappa shape index (κ2) is 5.13. The fourth-order valence-electron chi connectivity index (χ4n) is 1.25. The van der Waals surface area contributed by atoms with Gasteiger partial charge in [0.15, 0.2) is 0 Å². The molecule has 2 rings (SSSR count). The first kappa shape index (κ1) is 11.8. The van der Waals surface area contributed by atoms with Gasteiger partial charge in [0.25, 0.3) is 0 Å². The predicted octanol–water partition coefficient (Wildman–Crippen LogP) is 4.58. The molecule has 2 aromatic rings. The molecule has 1 aromatic heterocycles. The number of aryl methyl sites for hydroxylation is 1. The third kappa shape index (κ3) is 2.73. The zero-order valence-electron chi connectivity index (χ0n) is 8.54. The molecule has 16 heavy (non-hydrogen) atoms. The van der Waals surface area contributed by atoms with Crippen LogP contribution in [0, 0.1) is 6.92 Å². The van der Waals surface area contributed by atoms with Gasteiger partial charge in [-0.2, -0.15) is 0 Å². The summed E-state index contributed by atoms with van der Waals surface area (Å²) >= 11 is 13.6. The number of halogens is 2. The Hall–Kier alpha value is -0.640. The van der Waals surface area contributed by atoms with E-state index >= 15 is 0 Å². The molecule has 0 N–H and O–H groups in total. The van der Waals surface area contributed by atoms with Crippen LogP contribution in [-0.2, 0) is 5.75 Å². The molecule has 84 valence electrons. The standard InChI is InChI=1S/C11H9Cl2NOS/c1-7-5-8(15-14-7)6-16-11-9(12)3-2-4-10(11)13/h2-5H,6H2,1H3. The van der Waals surface area contributed by atoms with Gasteiger partial charge in [0.2, 0.25) is 0 Å². The van der Waals surface area contributed by atoms with Gasteiger partial charge in [0.05, 0.1) is 21.5 Å². The molecule has 0 saturated carbocycles. The number of rotatable bonds is 3. The van der Waals surface area contributed by atoms with Gasteiger partial charge in [-0.25, -0.2) is 0 Å². The van der Waals surface area contributed by atoms with Crippen LogP contribution in [0.4, 0.5) is 0 Å². The van der Waals surface area contributed by atoms with E-state index < -0.39 is 0 Å². The van der Waals surface area contributed by atoms with Crippen LogP contribution in [-0.4, -0.2) is 5.16 Å². The van der Waals surface area contributed by atoms with Gasteiger partial charge in [0, 0.05) is 11.0 Å². The van der Waals surface area contributed by atoms with E-state index in [0.29, 0.717) is 15.8 Å². The van der Waals surface area contributed by atoms with E-state index in [-0.39, 0.29) is 0 Å². The molecule has 0 bridgehead atoms. The third-order valence-corrected chi connectivity index (χ3v) is 3.97. The van der Waals surface area contributed by atoms with Crippen molar-refractivity contribution in [1.29, 1.82) is 0 Å². The first-order chi connectivity index (χ1) is 7.66. The summed E-state index contributed by atoms with van der Waals surface area (Å²) in [7, 11) is 0. The predicted molar refractivity (Wildman–Crippen MR) is 67.3 cm³/mol. The molecule has 5 heteroatoms. The Bertz CT molecular complexity index is 478. The van der Waals surface area contributed by atoms with Crippen LogP contribution >= 0.6 is 35.0 Å². The minimum atomic E-state index is 0.661. The lowest BCUT2D eigenvalue weighted by molar-refractivity contribution is 0.391. The zero-order valence-corrected chi connectivity index (χ0v) is 10.9. The summed E-state index contributed by atoms with van der Waals surface area (Å²) in [6.07, 6.45) is 0. The lowest BCUT2D eigenvalue weighted by Crippen LogP contribution is -1.79. The van der Waals surface area contributed by atoms with Crippen LogP contribution < -0.4 is 0 Å². The fraction of sp³-hybridized carbons (Fsp3) is 0.182. The van der Waals surface area contributed by atoms with Gasteiger partial charge in [-0.3, -0.25) is 0 Å². The van der Waals surface area contributed by atoms with E-state index in [9.17, 15) is 0 Å². The normalized spacial score (nSPS) is 10.7. The zero-order chi connectivity index (χ0) is 11.5. The van der Waals surface area contributed by atoms with Crippen LogP contribution in [0.25, 0.3) is 0 Å². The quantitative estimate of drug-likeness (QED) is 0.766. The van der Waals surface area contributed by atoms with Crippen molar-refractivity contribution < 1.29 is 4.52 Å². The Balaban J connectivity index is 2.10. The third-order valence-electron chi connectivity index (χ3n) is 1.95. The lowest BCUT2D eigenvalue weighted by Gasteiger charge is -2.04. The van der Waals surface area contributed by atoms with Gasteiger partial charge in [-0.15, -0.1) is 11.8 Å². The second-order valence-corrected chi connectivity index (χ2v) is 5.07. The second-order valence-electron chi connectivity index (χ2n) is 3.27. The topological polar surface area (TPSA) is 26.0 Å². The number of thioether (sulfide) groups is 1. The van der Waals surface area contributed by atoms with Crippen molar-refractivity contribution >= 4 is 35.0 Å². The highest BCUT2D eigenvalue weighted by atomic mass is 35.5. The highest BCUT2D eigenvalue weighted by Gasteiger charge is 2.08. The molecule has 0 aliphatic carbocycles. The molecule has 0 saturated heterocycles. The number of hydrogen-bond donors (Lipinski definition) is 0. The summed E-state index contributed by atoms with van der Waals surface area (Å²) in [6.45, 7) is 1.89. The molecule has 0 radical (unpaired) electrons. The van der Waals surface area contributed by atoms with Crippen LogP contribution in [0.15, 0.2) is 33.7 Å². The van der Waals surface area contributed by atoms with Crippen molar-refractivity contribution in [3.63, 3.8) is 0 Å². The van der Waals surface area contributed by atoms with Crippen molar-refractivity contribution in [2.45, 2.75) is 17.6 Å². The molecular formula is C11H9Cl2NOS. The summed E-state index contributed by atoms with van der Waals surface area (Å²) in [4.78, 5) is 0.875. The number of benzene rings is 1. The summed E-state index contributed by atoms with van der Waals surface area (Å²) in [5.41, 5.74) is 0.876. The number of aromatic nitrogens is 1. The minimum Gasteiger partial charge on any atom is -0.360 e. The van der Waals surface area contributed by atoms with Gasteiger partial charge < -0.3 is 4.52 Å². The molecule has 0 atom stereocenters. The van der Waals surface area contributed by atoms with Crippen LogP contribution in [0.3, 0.4) is 0 Å². The molecular weight excluding hydrogens is 265 g/mol. The molecule has 0 unspecified atom stereocenters. The van der Waals surface area contributed by atoms with Crippen molar-refractivity contribution in [2.24, 2.45) is 0 Å². The Morgan fingerprint density at radius 2 is 2.00 bits per heavy atom. The molecule has 0 aliphatic heterocycles. The monoisotopic (exact) mass is 273 g/mol. The lowest BCUT2D eigenvalue weighted by atomic mass is 10.4. The van der Waals surface area contributed by atoms with Crippen molar-refractivity contribution in [2.75, 3.05) is 0 Å². The number of hydrogen-bond acceptors (Lipinski definition) is 3. The molecule has 0 aliphatic rings. The van der Waals surface area contributed by atoms with E-state index in [1.54, 1.807) is 11.8 Å². The first-order valence-electron chi connectivity index (χ1n) is 4.66. The van der Waals surface area contributed by atoms with Crippen LogP contribution in [0.5, 0.6) is 0 Å². The van der Waals surface area contributed by atoms with Gasteiger partial charge in [0.1, 0.15) is 5.76 Å². The van der Waals surface area contributed by atoms with Gasteiger partial charge in [-0.1, -0.05) is 34.4 Å². The van der Waals surface area contributed by atoms with Crippen molar-refractivity contribution in [3.8, 4) is 0 Å². The highest BCUT2D eigenvalue weighted by Crippen LogP contribution is 2.35. The minimum absolute atomic E-state index is 0.661. The fourth-order valence-corrected chi connectivity index (χ4v) is 2.81. The Morgan fingerprint density at radius 1 is 1.31 bits per heavy atom. The SMILES string of the molecule is Cc1cc(CSc2c(Cl)cccc2Cl)on1. The maximum Gasteiger partial charge on any atom is 0.147 e. The van der Waals surface area contributed by atoms with E-state index in [0.717, 1.165) is 16.3 Å². The maximum absolute atomic E-state index is 6.05. The van der Waals surface area contributed by atoms with E-state index in [1.165, 1.54) is 0 Å². The molecule has 0 fully saturated rings. The van der Waals surface area contributed by atoms with Crippen LogP contribution in [0.1, 0.15) is 11.5 Å². The summed E-state index contributed by atoms with van der Waals surface area (Å²) in [5.74, 6) is 1.49. The summed E-state index contributed by atoms with van der Waals surface area (Å²) < 4.78 is 5.11. The largest absolute Gasteiger partial charge is 0.360 e. The maximum atomic E-state index is 6.05. The molecule has 2 nitrogen and oxygen atoms in total. The average Bonchev–Trinajstić information content (AvgIpc) is 2.63.